The summed E-state index contributed by atoms with van der Waals surface area (Å²) in [4.78, 5) is 2.03. The van der Waals surface area contributed by atoms with Crippen LogP contribution in [0.1, 0.15) is 24.1 Å². The number of hydrogen-bond donors (Lipinski definition) is 1. The van der Waals surface area contributed by atoms with Crippen molar-refractivity contribution in [2.75, 3.05) is 17.7 Å². The van der Waals surface area contributed by atoms with Crippen LogP contribution in [-0.4, -0.2) is 7.05 Å². The lowest BCUT2D eigenvalue weighted by Crippen LogP contribution is -2.22. The van der Waals surface area contributed by atoms with Crippen molar-refractivity contribution in [2.45, 2.75) is 13.0 Å². The van der Waals surface area contributed by atoms with Crippen molar-refractivity contribution in [2.24, 2.45) is 0 Å². The number of nitrogen functional groups attached to an aromatic ring is 1. The van der Waals surface area contributed by atoms with Crippen molar-refractivity contribution in [1.29, 1.82) is 5.26 Å². The normalized spacial score (nSPS) is 11.7. The lowest BCUT2D eigenvalue weighted by molar-refractivity contribution is 0.739. The SMILES string of the molecule is CC(c1ccccc1Cl)N(C)c1ccc(N)cc1C#N. The first-order valence-corrected chi connectivity index (χ1v) is 6.69. The van der Waals surface area contributed by atoms with E-state index in [9.17, 15) is 5.26 Å². The van der Waals surface area contributed by atoms with Gasteiger partial charge in [0.05, 0.1) is 17.3 Å². The Morgan fingerprint density at radius 3 is 2.60 bits per heavy atom. The first-order chi connectivity index (χ1) is 9.54. The molecule has 0 spiro atoms. The number of nitriles is 1. The summed E-state index contributed by atoms with van der Waals surface area (Å²) in [5.41, 5.74) is 8.74. The number of hydrogen-bond acceptors (Lipinski definition) is 3. The molecule has 0 aromatic heterocycles. The van der Waals surface area contributed by atoms with Gasteiger partial charge < -0.3 is 10.6 Å². The molecule has 4 heteroatoms. The summed E-state index contributed by atoms with van der Waals surface area (Å²) in [5, 5.41) is 9.96. The minimum Gasteiger partial charge on any atom is -0.399 e. The summed E-state index contributed by atoms with van der Waals surface area (Å²) in [7, 11) is 1.94. The van der Waals surface area contributed by atoms with Gasteiger partial charge in [-0.1, -0.05) is 29.8 Å². The van der Waals surface area contributed by atoms with Gasteiger partial charge in [0, 0.05) is 17.8 Å². The van der Waals surface area contributed by atoms with E-state index in [-0.39, 0.29) is 6.04 Å². The molecule has 2 rings (SSSR count). The van der Waals surface area contributed by atoms with E-state index in [1.54, 1.807) is 12.1 Å². The third-order valence-corrected chi connectivity index (χ3v) is 3.80. The molecule has 0 heterocycles. The van der Waals surface area contributed by atoms with Crippen LogP contribution in [0.2, 0.25) is 5.02 Å². The highest BCUT2D eigenvalue weighted by atomic mass is 35.5. The second-order valence-corrected chi connectivity index (χ2v) is 5.10. The maximum Gasteiger partial charge on any atom is 0.101 e. The van der Waals surface area contributed by atoms with Gasteiger partial charge in [-0.25, -0.2) is 0 Å². The standard InChI is InChI=1S/C16H16ClN3/c1-11(14-5-3-4-6-15(14)17)20(2)16-8-7-13(19)9-12(16)10-18/h3-9,11H,19H2,1-2H3. The van der Waals surface area contributed by atoms with Crippen LogP contribution in [0.4, 0.5) is 11.4 Å². The van der Waals surface area contributed by atoms with E-state index in [2.05, 4.69) is 13.0 Å². The van der Waals surface area contributed by atoms with Crippen LogP contribution in [0.25, 0.3) is 0 Å². The summed E-state index contributed by atoms with van der Waals surface area (Å²) >= 11 is 6.24. The molecule has 0 saturated carbocycles. The van der Waals surface area contributed by atoms with E-state index in [0.717, 1.165) is 16.3 Å². The molecule has 1 atom stereocenters. The quantitative estimate of drug-likeness (QED) is 0.868. The Morgan fingerprint density at radius 1 is 1.25 bits per heavy atom. The van der Waals surface area contributed by atoms with Crippen molar-refractivity contribution in [1.82, 2.24) is 0 Å². The Labute approximate surface area is 124 Å². The molecule has 2 aromatic rings. The number of anilines is 2. The van der Waals surface area contributed by atoms with E-state index in [4.69, 9.17) is 17.3 Å². The highest BCUT2D eigenvalue weighted by molar-refractivity contribution is 6.31. The van der Waals surface area contributed by atoms with E-state index in [1.807, 2.05) is 42.3 Å². The Kier molecular flexibility index (Phi) is 4.16. The summed E-state index contributed by atoms with van der Waals surface area (Å²) < 4.78 is 0. The predicted octanol–water partition coefficient (Wildman–Crippen LogP) is 3.99. The molecule has 0 bridgehead atoms. The number of nitrogens with zero attached hydrogens (tertiary/aromatic N) is 2. The minimum atomic E-state index is 0.0550. The number of rotatable bonds is 3. The molecule has 20 heavy (non-hydrogen) atoms. The smallest absolute Gasteiger partial charge is 0.101 e. The van der Waals surface area contributed by atoms with Gasteiger partial charge in [0.2, 0.25) is 0 Å². The molecule has 2 N–H and O–H groups in total. The summed E-state index contributed by atoms with van der Waals surface area (Å²) in [6, 6.07) is 15.3. The number of halogens is 1. The monoisotopic (exact) mass is 285 g/mol. The van der Waals surface area contributed by atoms with Gasteiger partial charge in [0.25, 0.3) is 0 Å². The average Bonchev–Trinajstić information content (AvgIpc) is 2.46. The molecule has 1 unspecified atom stereocenters. The lowest BCUT2D eigenvalue weighted by atomic mass is 10.0. The molecule has 3 nitrogen and oxygen atoms in total. The maximum atomic E-state index is 9.24. The fraction of sp³-hybridized carbons (Fsp3) is 0.188. The second kappa shape index (κ2) is 5.85. The third-order valence-electron chi connectivity index (χ3n) is 3.46. The van der Waals surface area contributed by atoms with Crippen molar-refractivity contribution in [3.05, 3.63) is 58.6 Å². The molecule has 0 saturated heterocycles. The Balaban J connectivity index is 2.39. The van der Waals surface area contributed by atoms with Crippen LogP contribution >= 0.6 is 11.6 Å². The molecule has 0 amide bonds. The second-order valence-electron chi connectivity index (χ2n) is 4.70. The van der Waals surface area contributed by atoms with Gasteiger partial charge in [-0.3, -0.25) is 0 Å². The van der Waals surface area contributed by atoms with Gasteiger partial charge in [-0.2, -0.15) is 5.26 Å². The molecule has 2 aromatic carbocycles. The van der Waals surface area contributed by atoms with E-state index in [1.165, 1.54) is 0 Å². The molecule has 0 aliphatic rings. The zero-order chi connectivity index (χ0) is 14.7. The van der Waals surface area contributed by atoms with Crippen LogP contribution < -0.4 is 10.6 Å². The van der Waals surface area contributed by atoms with Gasteiger partial charge in [0.1, 0.15) is 6.07 Å². The summed E-state index contributed by atoms with van der Waals surface area (Å²) in [6.45, 7) is 2.05. The highest BCUT2D eigenvalue weighted by Gasteiger charge is 2.17. The van der Waals surface area contributed by atoms with Crippen LogP contribution in [0.5, 0.6) is 0 Å². The summed E-state index contributed by atoms with van der Waals surface area (Å²) in [6.07, 6.45) is 0. The first kappa shape index (κ1) is 14.2. The molecule has 102 valence electrons. The lowest BCUT2D eigenvalue weighted by Gasteiger charge is -2.29. The first-order valence-electron chi connectivity index (χ1n) is 6.31. The summed E-state index contributed by atoms with van der Waals surface area (Å²) in [5.74, 6) is 0. The van der Waals surface area contributed by atoms with Crippen molar-refractivity contribution >= 4 is 23.0 Å². The van der Waals surface area contributed by atoms with Crippen LogP contribution in [0, 0.1) is 11.3 Å². The third kappa shape index (κ3) is 2.71. The van der Waals surface area contributed by atoms with Crippen LogP contribution in [-0.2, 0) is 0 Å². The Bertz CT molecular complexity index is 661. The largest absolute Gasteiger partial charge is 0.399 e. The average molecular weight is 286 g/mol. The van der Waals surface area contributed by atoms with Crippen molar-refractivity contribution in [3.8, 4) is 6.07 Å². The molecule has 0 aliphatic carbocycles. The minimum absolute atomic E-state index is 0.0550. The maximum absolute atomic E-state index is 9.24. The van der Waals surface area contributed by atoms with Crippen molar-refractivity contribution in [3.63, 3.8) is 0 Å². The van der Waals surface area contributed by atoms with E-state index >= 15 is 0 Å². The van der Waals surface area contributed by atoms with Gasteiger partial charge in [0.15, 0.2) is 0 Å². The van der Waals surface area contributed by atoms with E-state index < -0.39 is 0 Å². The molecular weight excluding hydrogens is 270 g/mol. The zero-order valence-electron chi connectivity index (χ0n) is 11.5. The predicted molar refractivity (Wildman–Crippen MR) is 83.8 cm³/mol. The van der Waals surface area contributed by atoms with E-state index in [0.29, 0.717) is 11.3 Å². The fourth-order valence-electron chi connectivity index (χ4n) is 2.18. The Morgan fingerprint density at radius 2 is 1.95 bits per heavy atom. The topological polar surface area (TPSA) is 53.0 Å². The molecule has 0 aliphatic heterocycles. The van der Waals surface area contributed by atoms with Gasteiger partial charge in [-0.15, -0.1) is 0 Å². The van der Waals surface area contributed by atoms with Crippen LogP contribution in [0.15, 0.2) is 42.5 Å². The van der Waals surface area contributed by atoms with Crippen LogP contribution in [0.3, 0.4) is 0 Å². The molecular formula is C16H16ClN3. The van der Waals surface area contributed by atoms with Crippen molar-refractivity contribution < 1.29 is 0 Å². The molecule has 0 fully saturated rings. The highest BCUT2D eigenvalue weighted by Crippen LogP contribution is 2.32. The molecule has 0 radical (unpaired) electrons. The van der Waals surface area contributed by atoms with Gasteiger partial charge >= 0.3 is 0 Å². The van der Waals surface area contributed by atoms with Gasteiger partial charge in [-0.05, 0) is 36.8 Å². The fourth-order valence-corrected chi connectivity index (χ4v) is 2.48. The Hall–Kier alpha value is -2.18. The zero-order valence-corrected chi connectivity index (χ0v) is 12.2. The number of nitrogens with two attached hydrogens (primary N) is 1. The number of benzene rings is 2.